The van der Waals surface area contributed by atoms with Crippen molar-refractivity contribution in [1.82, 2.24) is 4.57 Å². The van der Waals surface area contributed by atoms with E-state index in [4.69, 9.17) is 13.7 Å². The van der Waals surface area contributed by atoms with E-state index < -0.39 is 18.3 Å². The first-order valence-corrected chi connectivity index (χ1v) is 16.3. The zero-order valence-corrected chi connectivity index (χ0v) is 27.0. The maximum atomic E-state index is 6.48. The number of rotatable bonds is 4. The summed E-state index contributed by atoms with van der Waals surface area (Å²) >= 11 is 0. The number of hydrogen-bond donors (Lipinski definition) is 0. The molecule has 47 heavy (non-hydrogen) atoms. The lowest BCUT2D eigenvalue weighted by Gasteiger charge is -2.32. The lowest BCUT2D eigenvalue weighted by molar-refractivity contribution is 0.00578. The molecule has 0 N–H and O–H groups in total. The van der Waals surface area contributed by atoms with Gasteiger partial charge in [0.15, 0.2) is 0 Å². The quantitative estimate of drug-likeness (QED) is 0.186. The zero-order chi connectivity index (χ0) is 31.9. The Balaban J connectivity index is 1.16. The fourth-order valence-corrected chi connectivity index (χ4v) is 7.06. The van der Waals surface area contributed by atoms with Crippen molar-refractivity contribution in [3.63, 3.8) is 0 Å². The van der Waals surface area contributed by atoms with Crippen molar-refractivity contribution in [3.8, 4) is 27.9 Å². The molecule has 4 nitrogen and oxygen atoms in total. The second-order valence-electron chi connectivity index (χ2n) is 13.6. The van der Waals surface area contributed by atoms with Crippen LogP contribution in [0.3, 0.4) is 0 Å². The van der Waals surface area contributed by atoms with Gasteiger partial charge in [-0.05, 0) is 104 Å². The Morgan fingerprint density at radius 1 is 0.489 bits per heavy atom. The molecule has 0 amide bonds. The molecule has 0 bridgehead atoms. The summed E-state index contributed by atoms with van der Waals surface area (Å²) < 4.78 is 21.7. The van der Waals surface area contributed by atoms with Crippen LogP contribution < -0.4 is 5.46 Å². The van der Waals surface area contributed by atoms with Crippen molar-refractivity contribution in [2.45, 2.75) is 38.9 Å². The molecule has 8 aromatic rings. The molecule has 5 heteroatoms. The van der Waals surface area contributed by atoms with Gasteiger partial charge in [0.05, 0.1) is 22.2 Å². The predicted octanol–water partition coefficient (Wildman–Crippen LogP) is 10.3. The van der Waals surface area contributed by atoms with E-state index in [-0.39, 0.29) is 0 Å². The third-order valence-electron chi connectivity index (χ3n) is 10.3. The molecule has 0 spiro atoms. The van der Waals surface area contributed by atoms with Gasteiger partial charge in [-0.15, -0.1) is 0 Å². The van der Waals surface area contributed by atoms with Crippen LogP contribution in [-0.4, -0.2) is 22.9 Å². The van der Waals surface area contributed by atoms with Gasteiger partial charge in [0.2, 0.25) is 0 Å². The molecule has 0 aliphatic carbocycles. The molecule has 0 unspecified atom stereocenters. The van der Waals surface area contributed by atoms with Crippen LogP contribution in [0.1, 0.15) is 27.7 Å². The van der Waals surface area contributed by atoms with Crippen molar-refractivity contribution in [3.05, 3.63) is 133 Å². The smallest absolute Gasteiger partial charge is 0.456 e. The summed E-state index contributed by atoms with van der Waals surface area (Å²) in [6, 6.07) is 47.5. The molecule has 2 aromatic heterocycles. The van der Waals surface area contributed by atoms with Gasteiger partial charge in [0.1, 0.15) is 11.2 Å². The fraction of sp³-hybridized carbons (Fsp3) is 0.143. The second-order valence-corrected chi connectivity index (χ2v) is 13.6. The normalized spacial score (nSPS) is 15.8. The average molecular weight is 612 g/mol. The molecule has 1 aliphatic rings. The van der Waals surface area contributed by atoms with E-state index in [9.17, 15) is 0 Å². The maximum absolute atomic E-state index is 6.48. The molecule has 0 saturated carbocycles. The maximum Gasteiger partial charge on any atom is 0.495 e. The minimum Gasteiger partial charge on any atom is -0.456 e. The Bertz CT molecular complexity index is 2450. The van der Waals surface area contributed by atoms with Gasteiger partial charge in [-0.3, -0.25) is 0 Å². The molecule has 3 heterocycles. The molecule has 0 radical (unpaired) electrons. The molecule has 1 saturated heterocycles. The Labute approximate surface area is 274 Å². The second kappa shape index (κ2) is 10.2. The van der Waals surface area contributed by atoms with Gasteiger partial charge in [0, 0.05) is 27.2 Å². The van der Waals surface area contributed by atoms with Crippen LogP contribution in [0, 0.1) is 0 Å². The standard InChI is InChI=1S/C42H34BNO3/c1-41(2)42(3,4)47-43(46-41)35-14-10-16-39-40(35)34-26-30(20-24-38(34)45-39)29-19-23-37-33(25-29)32-13-8-9-15-36(32)44(37)31-21-17-28(18-22-31)27-11-6-5-7-12-27/h5-26H,1-4H3. The highest BCUT2D eigenvalue weighted by molar-refractivity contribution is 6.66. The van der Waals surface area contributed by atoms with E-state index in [2.05, 4.69) is 154 Å². The van der Waals surface area contributed by atoms with Crippen LogP contribution in [0.5, 0.6) is 0 Å². The molecular weight excluding hydrogens is 577 g/mol. The third kappa shape index (κ3) is 4.38. The monoisotopic (exact) mass is 611 g/mol. The highest BCUT2D eigenvalue weighted by Crippen LogP contribution is 2.40. The van der Waals surface area contributed by atoms with Gasteiger partial charge in [-0.2, -0.15) is 0 Å². The SMILES string of the molecule is CC1(C)OB(c2cccc3oc4ccc(-c5ccc6c(c5)c5ccccc5n6-c5ccc(-c6ccccc6)cc5)cc4c23)OC1(C)C. The van der Waals surface area contributed by atoms with Gasteiger partial charge < -0.3 is 18.3 Å². The molecule has 0 atom stereocenters. The summed E-state index contributed by atoms with van der Waals surface area (Å²) in [5, 5.41) is 4.55. The van der Waals surface area contributed by atoms with Gasteiger partial charge in [-0.25, -0.2) is 0 Å². The van der Waals surface area contributed by atoms with E-state index in [1.807, 2.05) is 12.1 Å². The third-order valence-corrected chi connectivity index (χ3v) is 10.3. The lowest BCUT2D eigenvalue weighted by atomic mass is 9.76. The Morgan fingerprint density at radius 3 is 1.87 bits per heavy atom. The fourth-order valence-electron chi connectivity index (χ4n) is 7.06. The van der Waals surface area contributed by atoms with E-state index in [0.717, 1.165) is 44.2 Å². The van der Waals surface area contributed by atoms with Crippen LogP contribution in [0.2, 0.25) is 0 Å². The number of para-hydroxylation sites is 1. The van der Waals surface area contributed by atoms with Crippen molar-refractivity contribution in [2.75, 3.05) is 0 Å². The molecule has 9 rings (SSSR count). The minimum absolute atomic E-state index is 0.428. The topological polar surface area (TPSA) is 36.5 Å². The summed E-state index contributed by atoms with van der Waals surface area (Å²) in [4.78, 5) is 0. The van der Waals surface area contributed by atoms with Crippen LogP contribution in [-0.2, 0) is 9.31 Å². The molecular formula is C42H34BNO3. The number of nitrogens with zero attached hydrogens (tertiary/aromatic N) is 1. The molecule has 1 aliphatic heterocycles. The first kappa shape index (κ1) is 28.2. The van der Waals surface area contributed by atoms with Crippen LogP contribution >= 0.6 is 0 Å². The molecule has 228 valence electrons. The summed E-state index contributed by atoms with van der Waals surface area (Å²) in [6.07, 6.45) is 0. The zero-order valence-electron chi connectivity index (χ0n) is 27.0. The molecule has 1 fully saturated rings. The minimum atomic E-state index is -0.475. The number of fused-ring (bicyclic) bond motifs is 6. The van der Waals surface area contributed by atoms with E-state index in [1.54, 1.807) is 0 Å². The van der Waals surface area contributed by atoms with Gasteiger partial charge in [-0.1, -0.05) is 84.9 Å². The van der Waals surface area contributed by atoms with Crippen molar-refractivity contribution in [1.29, 1.82) is 0 Å². The predicted molar refractivity (Wildman–Crippen MR) is 195 cm³/mol. The number of benzene rings is 6. The first-order chi connectivity index (χ1) is 22.8. The van der Waals surface area contributed by atoms with Crippen molar-refractivity contribution < 1.29 is 13.7 Å². The average Bonchev–Trinajstić information content (AvgIpc) is 3.70. The van der Waals surface area contributed by atoms with Crippen LogP contribution in [0.4, 0.5) is 0 Å². The highest BCUT2D eigenvalue weighted by atomic mass is 16.7. The molecule has 6 aromatic carbocycles. The summed E-state index contributed by atoms with van der Waals surface area (Å²) in [5.74, 6) is 0. The largest absolute Gasteiger partial charge is 0.495 e. The summed E-state index contributed by atoms with van der Waals surface area (Å²) in [7, 11) is -0.475. The number of furan rings is 1. The lowest BCUT2D eigenvalue weighted by Crippen LogP contribution is -2.41. The van der Waals surface area contributed by atoms with Crippen molar-refractivity contribution in [2.24, 2.45) is 0 Å². The van der Waals surface area contributed by atoms with Crippen LogP contribution in [0.25, 0.3) is 71.7 Å². The Hall–Kier alpha value is -5.10. The number of aromatic nitrogens is 1. The Morgan fingerprint density at radius 2 is 1.11 bits per heavy atom. The Kier molecular flexibility index (Phi) is 6.11. The van der Waals surface area contributed by atoms with Crippen molar-refractivity contribution >= 4 is 56.3 Å². The van der Waals surface area contributed by atoms with Crippen LogP contribution in [0.15, 0.2) is 138 Å². The van der Waals surface area contributed by atoms with E-state index in [0.29, 0.717) is 0 Å². The van der Waals surface area contributed by atoms with E-state index in [1.165, 1.54) is 32.9 Å². The van der Waals surface area contributed by atoms with Gasteiger partial charge >= 0.3 is 7.12 Å². The highest BCUT2D eigenvalue weighted by Gasteiger charge is 2.52. The summed E-state index contributed by atoms with van der Waals surface area (Å²) in [6.45, 7) is 8.36. The summed E-state index contributed by atoms with van der Waals surface area (Å²) in [5.41, 5.74) is 10.1. The number of hydrogen-bond acceptors (Lipinski definition) is 3. The van der Waals surface area contributed by atoms with Gasteiger partial charge in [0.25, 0.3) is 0 Å². The first-order valence-electron chi connectivity index (χ1n) is 16.3. The van der Waals surface area contributed by atoms with E-state index >= 15 is 0 Å².